The number of aromatic nitrogens is 2. The van der Waals surface area contributed by atoms with E-state index in [1.807, 2.05) is 68.4 Å². The van der Waals surface area contributed by atoms with Crippen LogP contribution in [0.4, 0.5) is 0 Å². The predicted molar refractivity (Wildman–Crippen MR) is 101 cm³/mol. The van der Waals surface area contributed by atoms with Crippen molar-refractivity contribution in [3.63, 3.8) is 0 Å². The Morgan fingerprint density at radius 2 is 1.81 bits per heavy atom. The maximum atomic E-state index is 12.4. The number of carbonyl (C=O) groups is 1. The number of aryl methyl sites for hydroxylation is 1. The molecular formula is C21H21N3O2. The van der Waals surface area contributed by atoms with Gasteiger partial charge in [0.2, 0.25) is 0 Å². The molecule has 0 unspecified atom stereocenters. The Balaban J connectivity index is 1.66. The summed E-state index contributed by atoms with van der Waals surface area (Å²) in [6.07, 6.45) is 1.58. The molecule has 0 aliphatic carbocycles. The number of ether oxygens (including phenoxy) is 1. The highest BCUT2D eigenvalue weighted by molar-refractivity contribution is 5.95. The van der Waals surface area contributed by atoms with Gasteiger partial charge >= 0.3 is 0 Å². The lowest BCUT2D eigenvalue weighted by molar-refractivity contribution is 0.0949. The van der Waals surface area contributed by atoms with E-state index in [-0.39, 0.29) is 5.91 Å². The van der Waals surface area contributed by atoms with Crippen molar-refractivity contribution in [1.29, 1.82) is 0 Å². The summed E-state index contributed by atoms with van der Waals surface area (Å²) in [5, 5.41) is 2.91. The summed E-state index contributed by atoms with van der Waals surface area (Å²) < 4.78 is 5.42. The number of hydrogen-bond acceptors (Lipinski definition) is 4. The first kappa shape index (κ1) is 17.6. The van der Waals surface area contributed by atoms with Gasteiger partial charge in [-0.05, 0) is 31.5 Å². The predicted octanol–water partition coefficient (Wildman–Crippen LogP) is 3.78. The topological polar surface area (TPSA) is 64.1 Å². The highest BCUT2D eigenvalue weighted by Crippen LogP contribution is 2.16. The number of amides is 1. The smallest absolute Gasteiger partial charge is 0.254 e. The van der Waals surface area contributed by atoms with Crippen LogP contribution in [-0.4, -0.2) is 22.5 Å². The Hall–Kier alpha value is -3.21. The first-order valence-electron chi connectivity index (χ1n) is 8.56. The van der Waals surface area contributed by atoms with Gasteiger partial charge in [0, 0.05) is 18.3 Å². The van der Waals surface area contributed by atoms with Crippen LogP contribution in [0.2, 0.25) is 0 Å². The molecule has 5 nitrogen and oxygen atoms in total. The number of nitrogens with one attached hydrogen (secondary N) is 1. The van der Waals surface area contributed by atoms with Crippen molar-refractivity contribution < 1.29 is 9.53 Å². The molecule has 0 fully saturated rings. The Morgan fingerprint density at radius 1 is 1.08 bits per heavy atom. The van der Waals surface area contributed by atoms with E-state index in [2.05, 4.69) is 15.3 Å². The van der Waals surface area contributed by atoms with Crippen LogP contribution in [0.3, 0.4) is 0 Å². The fourth-order valence-corrected chi connectivity index (χ4v) is 2.56. The molecule has 0 radical (unpaired) electrons. The monoisotopic (exact) mass is 347 g/mol. The molecule has 26 heavy (non-hydrogen) atoms. The molecule has 3 aromatic rings. The van der Waals surface area contributed by atoms with Crippen molar-refractivity contribution in [3.8, 4) is 17.1 Å². The second-order valence-electron chi connectivity index (χ2n) is 5.82. The molecular weight excluding hydrogens is 326 g/mol. The fourth-order valence-electron chi connectivity index (χ4n) is 2.56. The van der Waals surface area contributed by atoms with Crippen molar-refractivity contribution in [3.05, 3.63) is 77.6 Å². The Kier molecular flexibility index (Phi) is 5.59. The van der Waals surface area contributed by atoms with Crippen LogP contribution in [0.1, 0.15) is 28.5 Å². The van der Waals surface area contributed by atoms with E-state index < -0.39 is 0 Å². The molecule has 0 aliphatic heterocycles. The minimum absolute atomic E-state index is 0.184. The molecule has 132 valence electrons. The average Bonchev–Trinajstić information content (AvgIpc) is 2.68. The van der Waals surface area contributed by atoms with E-state index >= 15 is 0 Å². The molecule has 0 saturated carbocycles. The van der Waals surface area contributed by atoms with Crippen molar-refractivity contribution >= 4 is 5.91 Å². The summed E-state index contributed by atoms with van der Waals surface area (Å²) in [6, 6.07) is 17.4. The molecule has 0 bridgehead atoms. The third kappa shape index (κ3) is 4.25. The first-order valence-corrected chi connectivity index (χ1v) is 8.56. The zero-order valence-electron chi connectivity index (χ0n) is 14.9. The number of rotatable bonds is 6. The molecule has 0 saturated heterocycles. The molecule has 1 amide bonds. The van der Waals surface area contributed by atoms with Gasteiger partial charge < -0.3 is 10.1 Å². The van der Waals surface area contributed by atoms with E-state index in [0.717, 1.165) is 16.9 Å². The second kappa shape index (κ2) is 8.25. The van der Waals surface area contributed by atoms with Crippen LogP contribution >= 0.6 is 0 Å². The van der Waals surface area contributed by atoms with Crippen LogP contribution in [0.5, 0.6) is 5.75 Å². The Labute approximate surface area is 153 Å². The molecule has 2 aromatic carbocycles. The van der Waals surface area contributed by atoms with E-state index in [1.165, 1.54) is 0 Å². The summed E-state index contributed by atoms with van der Waals surface area (Å²) in [4.78, 5) is 21.2. The Morgan fingerprint density at radius 3 is 2.46 bits per heavy atom. The Bertz CT molecular complexity index is 878. The maximum absolute atomic E-state index is 12.4. The summed E-state index contributed by atoms with van der Waals surface area (Å²) in [5.74, 6) is 1.26. The SMILES string of the molecule is CCOc1ccc(CNC(=O)c2cnc(-c3ccccc3)nc2C)cc1. The van der Waals surface area contributed by atoms with Crippen LogP contribution in [0, 0.1) is 6.92 Å². The summed E-state index contributed by atoms with van der Waals surface area (Å²) in [6.45, 7) is 4.83. The average molecular weight is 347 g/mol. The van der Waals surface area contributed by atoms with E-state index in [1.54, 1.807) is 6.20 Å². The van der Waals surface area contributed by atoms with Gasteiger partial charge in [-0.3, -0.25) is 4.79 Å². The molecule has 1 aromatic heterocycles. The summed E-state index contributed by atoms with van der Waals surface area (Å²) >= 11 is 0. The molecule has 0 atom stereocenters. The highest BCUT2D eigenvalue weighted by Gasteiger charge is 2.12. The minimum atomic E-state index is -0.184. The quantitative estimate of drug-likeness (QED) is 0.737. The van der Waals surface area contributed by atoms with E-state index in [9.17, 15) is 4.79 Å². The van der Waals surface area contributed by atoms with Gasteiger partial charge in [0.05, 0.1) is 17.9 Å². The van der Waals surface area contributed by atoms with Gasteiger partial charge in [-0.2, -0.15) is 0 Å². The fraction of sp³-hybridized carbons (Fsp3) is 0.190. The molecule has 5 heteroatoms. The van der Waals surface area contributed by atoms with Gasteiger partial charge in [0.25, 0.3) is 5.91 Å². The van der Waals surface area contributed by atoms with Crippen LogP contribution in [0.25, 0.3) is 11.4 Å². The molecule has 3 rings (SSSR count). The second-order valence-corrected chi connectivity index (χ2v) is 5.82. The van der Waals surface area contributed by atoms with Crippen molar-refractivity contribution in [2.75, 3.05) is 6.61 Å². The standard InChI is InChI=1S/C21H21N3O2/c1-3-26-18-11-9-16(10-12-18)13-23-21(25)19-14-22-20(24-15(19)2)17-7-5-4-6-8-17/h4-12,14H,3,13H2,1-2H3,(H,23,25). The lowest BCUT2D eigenvalue weighted by Crippen LogP contribution is -2.24. The zero-order chi connectivity index (χ0) is 18.4. The van der Waals surface area contributed by atoms with Crippen molar-refractivity contribution in [2.24, 2.45) is 0 Å². The van der Waals surface area contributed by atoms with Crippen molar-refractivity contribution in [2.45, 2.75) is 20.4 Å². The molecule has 1 N–H and O–H groups in total. The third-order valence-corrected chi connectivity index (χ3v) is 3.94. The molecule has 0 aliphatic rings. The van der Waals surface area contributed by atoms with Gasteiger partial charge in [0.15, 0.2) is 5.82 Å². The molecule has 0 spiro atoms. The maximum Gasteiger partial charge on any atom is 0.254 e. The van der Waals surface area contributed by atoms with Gasteiger partial charge in [-0.15, -0.1) is 0 Å². The normalized spacial score (nSPS) is 10.4. The number of hydrogen-bond donors (Lipinski definition) is 1. The zero-order valence-corrected chi connectivity index (χ0v) is 14.9. The third-order valence-electron chi connectivity index (χ3n) is 3.94. The van der Waals surface area contributed by atoms with Gasteiger partial charge in [0.1, 0.15) is 5.75 Å². The van der Waals surface area contributed by atoms with Crippen molar-refractivity contribution in [1.82, 2.24) is 15.3 Å². The molecule has 1 heterocycles. The minimum Gasteiger partial charge on any atom is -0.494 e. The summed E-state index contributed by atoms with van der Waals surface area (Å²) in [5.41, 5.74) is 3.07. The van der Waals surface area contributed by atoms with Crippen LogP contribution < -0.4 is 10.1 Å². The first-order chi connectivity index (χ1) is 12.7. The van der Waals surface area contributed by atoms with Crippen LogP contribution in [0.15, 0.2) is 60.8 Å². The van der Waals surface area contributed by atoms with E-state index in [4.69, 9.17) is 4.74 Å². The largest absolute Gasteiger partial charge is 0.494 e. The highest BCUT2D eigenvalue weighted by atomic mass is 16.5. The van der Waals surface area contributed by atoms with E-state index in [0.29, 0.717) is 30.2 Å². The lowest BCUT2D eigenvalue weighted by atomic mass is 10.1. The number of benzene rings is 2. The number of carbonyl (C=O) groups excluding carboxylic acids is 1. The van der Waals surface area contributed by atoms with Crippen LogP contribution in [-0.2, 0) is 6.54 Å². The van der Waals surface area contributed by atoms with Gasteiger partial charge in [-0.25, -0.2) is 9.97 Å². The lowest BCUT2D eigenvalue weighted by Gasteiger charge is -2.09. The summed E-state index contributed by atoms with van der Waals surface area (Å²) in [7, 11) is 0. The number of nitrogens with zero attached hydrogens (tertiary/aromatic N) is 2. The van der Waals surface area contributed by atoms with Gasteiger partial charge in [-0.1, -0.05) is 42.5 Å².